The zero-order chi connectivity index (χ0) is 20.2. The lowest BCUT2D eigenvalue weighted by Gasteiger charge is -2.34. The second-order valence-corrected chi connectivity index (χ2v) is 8.25. The molecule has 2 fully saturated rings. The minimum absolute atomic E-state index is 0.844. The lowest BCUT2D eigenvalue weighted by molar-refractivity contribution is 0.123. The Kier molecular flexibility index (Phi) is 9.76. The quantitative estimate of drug-likeness (QED) is 0.319. The van der Waals surface area contributed by atoms with Gasteiger partial charge in [-0.15, -0.1) is 0 Å². The normalized spacial score (nSPS) is 18.7. The first-order valence-corrected chi connectivity index (χ1v) is 11.3. The number of piperazine rings is 1. The van der Waals surface area contributed by atoms with Crippen LogP contribution in [0.15, 0.2) is 35.3 Å². The highest BCUT2D eigenvalue weighted by atomic mass is 16.5. The highest BCUT2D eigenvalue weighted by Gasteiger charge is 2.20. The van der Waals surface area contributed by atoms with Crippen molar-refractivity contribution < 1.29 is 4.74 Å². The molecule has 0 unspecified atom stereocenters. The fourth-order valence-electron chi connectivity index (χ4n) is 3.66. The molecular weight excluding hydrogens is 362 g/mol. The molecule has 2 N–H and O–H groups in total. The van der Waals surface area contributed by atoms with Gasteiger partial charge < -0.3 is 20.3 Å². The van der Waals surface area contributed by atoms with E-state index in [1.807, 2.05) is 7.05 Å². The summed E-state index contributed by atoms with van der Waals surface area (Å²) in [5.74, 6) is 1.75. The standard InChI is InChI=1S/C23H39N5O/c1-24-23(26-12-6-18-29-20-22-9-10-22)25-11-5-13-27-14-16-28(17-15-27)19-21-7-3-2-4-8-21/h2-4,7-8,22H,5-6,9-20H2,1H3,(H2,24,25,26). The molecule has 1 aromatic carbocycles. The second-order valence-electron chi connectivity index (χ2n) is 8.25. The summed E-state index contributed by atoms with van der Waals surface area (Å²) in [6.45, 7) is 10.5. The summed E-state index contributed by atoms with van der Waals surface area (Å²) in [5, 5.41) is 6.81. The zero-order valence-electron chi connectivity index (χ0n) is 18.1. The summed E-state index contributed by atoms with van der Waals surface area (Å²) >= 11 is 0. The first-order valence-electron chi connectivity index (χ1n) is 11.3. The lowest BCUT2D eigenvalue weighted by Crippen LogP contribution is -2.46. The highest BCUT2D eigenvalue weighted by Crippen LogP contribution is 2.28. The molecule has 6 nitrogen and oxygen atoms in total. The molecule has 0 spiro atoms. The third-order valence-corrected chi connectivity index (χ3v) is 5.69. The van der Waals surface area contributed by atoms with Gasteiger partial charge in [0.25, 0.3) is 0 Å². The number of nitrogens with one attached hydrogen (secondary N) is 2. The van der Waals surface area contributed by atoms with Crippen LogP contribution in [-0.4, -0.2) is 81.8 Å². The van der Waals surface area contributed by atoms with Crippen LogP contribution in [0.4, 0.5) is 0 Å². The van der Waals surface area contributed by atoms with Crippen LogP contribution < -0.4 is 10.6 Å². The molecule has 3 rings (SSSR count). The summed E-state index contributed by atoms with van der Waals surface area (Å²) in [6, 6.07) is 10.8. The van der Waals surface area contributed by atoms with Gasteiger partial charge >= 0.3 is 0 Å². The average Bonchev–Trinajstić information content (AvgIpc) is 3.58. The smallest absolute Gasteiger partial charge is 0.190 e. The minimum atomic E-state index is 0.844. The largest absolute Gasteiger partial charge is 0.381 e. The first-order chi connectivity index (χ1) is 14.3. The molecule has 2 aliphatic rings. The maximum absolute atomic E-state index is 5.67. The second kappa shape index (κ2) is 12.8. The van der Waals surface area contributed by atoms with E-state index in [2.05, 4.69) is 55.8 Å². The topological polar surface area (TPSA) is 52.1 Å². The Morgan fingerprint density at radius 3 is 2.38 bits per heavy atom. The van der Waals surface area contributed by atoms with E-state index in [0.717, 1.165) is 77.2 Å². The zero-order valence-corrected chi connectivity index (χ0v) is 18.1. The molecule has 1 saturated heterocycles. The molecule has 1 aliphatic carbocycles. The molecular formula is C23H39N5O. The van der Waals surface area contributed by atoms with Crippen molar-refractivity contribution >= 4 is 5.96 Å². The van der Waals surface area contributed by atoms with Gasteiger partial charge in [-0.2, -0.15) is 0 Å². The number of rotatable bonds is 12. The first kappa shape index (κ1) is 22.1. The van der Waals surface area contributed by atoms with Gasteiger partial charge in [0.05, 0.1) is 0 Å². The van der Waals surface area contributed by atoms with Gasteiger partial charge in [0.15, 0.2) is 5.96 Å². The third kappa shape index (κ3) is 9.15. The van der Waals surface area contributed by atoms with E-state index in [0.29, 0.717) is 0 Å². The number of ether oxygens (including phenoxy) is 1. The fraction of sp³-hybridized carbons (Fsp3) is 0.696. The summed E-state index contributed by atoms with van der Waals surface area (Å²) in [4.78, 5) is 9.45. The van der Waals surface area contributed by atoms with Crippen molar-refractivity contribution in [1.82, 2.24) is 20.4 Å². The monoisotopic (exact) mass is 401 g/mol. The van der Waals surface area contributed by atoms with Crippen LogP contribution in [0.3, 0.4) is 0 Å². The van der Waals surface area contributed by atoms with Crippen LogP contribution in [0.5, 0.6) is 0 Å². The molecule has 0 amide bonds. The van der Waals surface area contributed by atoms with Crippen molar-refractivity contribution in [2.45, 2.75) is 32.2 Å². The van der Waals surface area contributed by atoms with Crippen molar-refractivity contribution in [2.75, 3.05) is 66.1 Å². The van der Waals surface area contributed by atoms with Crippen molar-refractivity contribution in [1.29, 1.82) is 0 Å². The molecule has 0 radical (unpaired) electrons. The van der Waals surface area contributed by atoms with Crippen LogP contribution in [-0.2, 0) is 11.3 Å². The molecule has 29 heavy (non-hydrogen) atoms. The molecule has 0 aromatic heterocycles. The van der Waals surface area contributed by atoms with E-state index in [1.165, 1.54) is 31.5 Å². The number of nitrogens with zero attached hydrogens (tertiary/aromatic N) is 3. The fourth-order valence-corrected chi connectivity index (χ4v) is 3.66. The van der Waals surface area contributed by atoms with Crippen molar-refractivity contribution in [3.63, 3.8) is 0 Å². The van der Waals surface area contributed by atoms with E-state index in [-0.39, 0.29) is 0 Å². The van der Waals surface area contributed by atoms with E-state index < -0.39 is 0 Å². The molecule has 0 atom stereocenters. The predicted octanol–water partition coefficient (Wildman–Crippen LogP) is 2.18. The number of benzene rings is 1. The summed E-state index contributed by atoms with van der Waals surface area (Å²) in [6.07, 6.45) is 4.89. The number of hydrogen-bond donors (Lipinski definition) is 2. The molecule has 1 aromatic rings. The number of guanidine groups is 1. The van der Waals surface area contributed by atoms with Crippen molar-refractivity contribution in [3.8, 4) is 0 Å². The Labute approximate surface area is 176 Å². The van der Waals surface area contributed by atoms with Crippen molar-refractivity contribution in [2.24, 2.45) is 10.9 Å². The summed E-state index contributed by atoms with van der Waals surface area (Å²) in [5.41, 5.74) is 1.42. The van der Waals surface area contributed by atoms with Crippen molar-refractivity contribution in [3.05, 3.63) is 35.9 Å². The Morgan fingerprint density at radius 1 is 1.00 bits per heavy atom. The molecule has 1 saturated carbocycles. The van der Waals surface area contributed by atoms with Crippen LogP contribution in [0, 0.1) is 5.92 Å². The van der Waals surface area contributed by atoms with E-state index in [9.17, 15) is 0 Å². The highest BCUT2D eigenvalue weighted by molar-refractivity contribution is 5.79. The van der Waals surface area contributed by atoms with Gasteiger partial charge in [-0.1, -0.05) is 30.3 Å². The average molecular weight is 402 g/mol. The third-order valence-electron chi connectivity index (χ3n) is 5.69. The van der Waals surface area contributed by atoms with E-state index in [4.69, 9.17) is 4.74 Å². The van der Waals surface area contributed by atoms with E-state index in [1.54, 1.807) is 0 Å². The van der Waals surface area contributed by atoms with Gasteiger partial charge in [0.2, 0.25) is 0 Å². The van der Waals surface area contributed by atoms with Crippen LogP contribution in [0.1, 0.15) is 31.2 Å². The van der Waals surface area contributed by atoms with Gasteiger partial charge in [0, 0.05) is 66.1 Å². The molecule has 6 heteroatoms. The Balaban J connectivity index is 1.17. The van der Waals surface area contributed by atoms with Gasteiger partial charge in [0.1, 0.15) is 0 Å². The molecule has 0 bridgehead atoms. The summed E-state index contributed by atoms with van der Waals surface area (Å²) < 4.78 is 5.67. The maximum Gasteiger partial charge on any atom is 0.190 e. The number of aliphatic imine (C=N–C) groups is 1. The van der Waals surface area contributed by atoms with Gasteiger partial charge in [-0.05, 0) is 43.7 Å². The molecule has 1 aliphatic heterocycles. The Hall–Kier alpha value is -1.63. The van der Waals surface area contributed by atoms with Gasteiger partial charge in [-0.25, -0.2) is 0 Å². The van der Waals surface area contributed by atoms with Gasteiger partial charge in [-0.3, -0.25) is 9.89 Å². The molecule has 1 heterocycles. The Bertz CT molecular complexity index is 582. The summed E-state index contributed by atoms with van der Waals surface area (Å²) in [7, 11) is 1.84. The van der Waals surface area contributed by atoms with Crippen LogP contribution in [0.2, 0.25) is 0 Å². The lowest BCUT2D eigenvalue weighted by atomic mass is 10.2. The van der Waals surface area contributed by atoms with Crippen LogP contribution in [0.25, 0.3) is 0 Å². The maximum atomic E-state index is 5.67. The Morgan fingerprint density at radius 2 is 1.69 bits per heavy atom. The minimum Gasteiger partial charge on any atom is -0.381 e. The molecule has 162 valence electrons. The van der Waals surface area contributed by atoms with E-state index >= 15 is 0 Å². The SMILES string of the molecule is CN=C(NCCCOCC1CC1)NCCCN1CCN(Cc2ccccc2)CC1. The van der Waals surface area contributed by atoms with Crippen LogP contribution >= 0.6 is 0 Å². The predicted molar refractivity (Wildman–Crippen MR) is 120 cm³/mol. The number of hydrogen-bond acceptors (Lipinski definition) is 4.